The summed E-state index contributed by atoms with van der Waals surface area (Å²) in [6, 6.07) is 11.2. The number of aryl methyl sites for hydroxylation is 3. The second-order valence-corrected chi connectivity index (χ2v) is 6.06. The Bertz CT molecular complexity index is 741. The average Bonchev–Trinajstić information content (AvgIpc) is 2.45. The van der Waals surface area contributed by atoms with Crippen molar-refractivity contribution < 1.29 is 9.59 Å². The Morgan fingerprint density at radius 3 is 2.00 bits per heavy atom. The molecule has 0 fully saturated rings. The third-order valence-electron chi connectivity index (χ3n) is 3.22. The van der Waals surface area contributed by atoms with Gasteiger partial charge in [0.2, 0.25) is 0 Å². The lowest BCUT2D eigenvalue weighted by atomic mass is 10.1. The molecule has 0 unspecified atom stereocenters. The van der Waals surface area contributed by atoms with Gasteiger partial charge in [-0.1, -0.05) is 18.2 Å². The number of carbonyl (C=O) groups excluding carboxylic acids is 2. The van der Waals surface area contributed by atoms with Crippen LogP contribution >= 0.6 is 15.9 Å². The lowest BCUT2D eigenvalue weighted by molar-refractivity contribution is -0.133. The van der Waals surface area contributed by atoms with Crippen LogP contribution in [0.15, 0.2) is 40.9 Å². The van der Waals surface area contributed by atoms with Crippen molar-refractivity contribution in [3.63, 3.8) is 0 Å². The lowest BCUT2D eigenvalue weighted by Crippen LogP contribution is -2.29. The fourth-order valence-corrected chi connectivity index (χ4v) is 2.54. The second-order valence-electron chi connectivity index (χ2n) is 5.21. The summed E-state index contributed by atoms with van der Waals surface area (Å²) >= 11 is 3.37. The zero-order valence-electron chi connectivity index (χ0n) is 12.7. The maximum Gasteiger partial charge on any atom is 0.314 e. The molecule has 0 bridgehead atoms. The molecule has 0 aliphatic rings. The summed E-state index contributed by atoms with van der Waals surface area (Å²) < 4.78 is 0.736. The molecule has 2 N–H and O–H groups in total. The Balaban J connectivity index is 2.09. The smallest absolute Gasteiger partial charge is 0.314 e. The van der Waals surface area contributed by atoms with Crippen LogP contribution in [0, 0.1) is 20.8 Å². The predicted molar refractivity (Wildman–Crippen MR) is 92.1 cm³/mol. The summed E-state index contributed by atoms with van der Waals surface area (Å²) in [5.41, 5.74) is 4.19. The van der Waals surface area contributed by atoms with Gasteiger partial charge in [-0.2, -0.15) is 0 Å². The van der Waals surface area contributed by atoms with Crippen molar-refractivity contribution in [1.82, 2.24) is 0 Å². The molecule has 0 saturated heterocycles. The number of halogens is 1. The SMILES string of the molecule is Cc1ccc(NC(=O)C(=O)Nc2cc(C)ccc2C)c(Br)c1. The standard InChI is InChI=1S/C17H17BrN2O2/c1-10-5-7-14(13(18)8-10)19-16(21)17(22)20-15-9-11(2)4-6-12(15)3/h4-9H,1-3H3,(H,19,21)(H,20,22). The van der Waals surface area contributed by atoms with Crippen LogP contribution in [-0.2, 0) is 9.59 Å². The molecule has 0 aliphatic heterocycles. The molecule has 114 valence electrons. The highest BCUT2D eigenvalue weighted by Gasteiger charge is 2.16. The van der Waals surface area contributed by atoms with Gasteiger partial charge in [-0.15, -0.1) is 0 Å². The Kier molecular flexibility index (Phi) is 4.98. The molecule has 0 atom stereocenters. The number of amides is 2. The molecule has 0 spiro atoms. The number of carbonyl (C=O) groups is 2. The first-order valence-electron chi connectivity index (χ1n) is 6.82. The lowest BCUT2D eigenvalue weighted by Gasteiger charge is -2.10. The van der Waals surface area contributed by atoms with Crippen LogP contribution < -0.4 is 10.6 Å². The summed E-state index contributed by atoms with van der Waals surface area (Å²) in [4.78, 5) is 24.0. The fraction of sp³-hybridized carbons (Fsp3) is 0.176. The summed E-state index contributed by atoms with van der Waals surface area (Å²) in [5, 5.41) is 5.23. The van der Waals surface area contributed by atoms with E-state index in [9.17, 15) is 9.59 Å². The van der Waals surface area contributed by atoms with Gasteiger partial charge in [-0.05, 0) is 71.6 Å². The molecule has 0 radical (unpaired) electrons. The summed E-state index contributed by atoms with van der Waals surface area (Å²) in [6.45, 7) is 5.76. The maximum atomic E-state index is 12.0. The second kappa shape index (κ2) is 6.75. The Hall–Kier alpha value is -2.14. The van der Waals surface area contributed by atoms with Crippen molar-refractivity contribution in [2.45, 2.75) is 20.8 Å². The van der Waals surface area contributed by atoms with E-state index in [1.165, 1.54) is 0 Å². The minimum atomic E-state index is -0.703. The number of anilines is 2. The van der Waals surface area contributed by atoms with E-state index < -0.39 is 11.8 Å². The minimum absolute atomic E-state index is 0.562. The van der Waals surface area contributed by atoms with Gasteiger partial charge < -0.3 is 10.6 Å². The first-order valence-corrected chi connectivity index (χ1v) is 7.62. The normalized spacial score (nSPS) is 10.2. The molecule has 0 saturated carbocycles. The Morgan fingerprint density at radius 2 is 1.36 bits per heavy atom. The van der Waals surface area contributed by atoms with E-state index in [0.29, 0.717) is 11.4 Å². The van der Waals surface area contributed by atoms with E-state index in [0.717, 1.165) is 21.2 Å². The molecule has 0 aromatic heterocycles. The minimum Gasteiger partial charge on any atom is -0.318 e. The zero-order chi connectivity index (χ0) is 16.3. The van der Waals surface area contributed by atoms with Crippen molar-refractivity contribution in [1.29, 1.82) is 0 Å². The Morgan fingerprint density at radius 1 is 0.818 bits per heavy atom. The highest BCUT2D eigenvalue weighted by Crippen LogP contribution is 2.23. The largest absolute Gasteiger partial charge is 0.318 e. The van der Waals surface area contributed by atoms with Crippen LogP contribution in [0.25, 0.3) is 0 Å². The molecule has 2 rings (SSSR count). The van der Waals surface area contributed by atoms with Gasteiger partial charge in [0.25, 0.3) is 0 Å². The molecule has 0 aliphatic carbocycles. The molecule has 22 heavy (non-hydrogen) atoms. The fourth-order valence-electron chi connectivity index (χ4n) is 1.95. The van der Waals surface area contributed by atoms with Crippen LogP contribution in [0.4, 0.5) is 11.4 Å². The number of rotatable bonds is 2. The van der Waals surface area contributed by atoms with Gasteiger partial charge in [-0.3, -0.25) is 9.59 Å². The topological polar surface area (TPSA) is 58.2 Å². The Labute approximate surface area is 138 Å². The summed E-state index contributed by atoms with van der Waals surface area (Å²) in [7, 11) is 0. The molecule has 2 aromatic carbocycles. The van der Waals surface area contributed by atoms with Gasteiger partial charge in [-0.25, -0.2) is 0 Å². The third-order valence-corrected chi connectivity index (χ3v) is 3.88. The van der Waals surface area contributed by atoms with Gasteiger partial charge in [0, 0.05) is 10.2 Å². The van der Waals surface area contributed by atoms with Crippen LogP contribution in [0.3, 0.4) is 0 Å². The first kappa shape index (κ1) is 16.2. The molecular weight excluding hydrogens is 344 g/mol. The van der Waals surface area contributed by atoms with E-state index in [4.69, 9.17) is 0 Å². The molecule has 4 nitrogen and oxygen atoms in total. The van der Waals surface area contributed by atoms with Gasteiger partial charge >= 0.3 is 11.8 Å². The monoisotopic (exact) mass is 360 g/mol. The number of benzene rings is 2. The molecule has 0 heterocycles. The van der Waals surface area contributed by atoms with Gasteiger partial charge in [0.1, 0.15) is 0 Å². The zero-order valence-corrected chi connectivity index (χ0v) is 14.2. The number of nitrogens with one attached hydrogen (secondary N) is 2. The van der Waals surface area contributed by atoms with Crippen LogP contribution in [-0.4, -0.2) is 11.8 Å². The van der Waals surface area contributed by atoms with Crippen molar-refractivity contribution in [2.75, 3.05) is 10.6 Å². The van der Waals surface area contributed by atoms with Crippen LogP contribution in [0.5, 0.6) is 0 Å². The van der Waals surface area contributed by atoms with Crippen molar-refractivity contribution >= 4 is 39.1 Å². The summed E-state index contributed by atoms with van der Waals surface area (Å²) in [6.07, 6.45) is 0. The van der Waals surface area contributed by atoms with E-state index in [1.807, 2.05) is 51.1 Å². The highest BCUT2D eigenvalue weighted by molar-refractivity contribution is 9.10. The van der Waals surface area contributed by atoms with Crippen LogP contribution in [0.2, 0.25) is 0 Å². The van der Waals surface area contributed by atoms with E-state index in [2.05, 4.69) is 26.6 Å². The third kappa shape index (κ3) is 3.95. The molecule has 2 aromatic rings. The van der Waals surface area contributed by atoms with E-state index in [1.54, 1.807) is 6.07 Å². The maximum absolute atomic E-state index is 12.0. The molecule has 2 amide bonds. The quantitative estimate of drug-likeness (QED) is 0.796. The van der Waals surface area contributed by atoms with Crippen molar-refractivity contribution in [3.05, 3.63) is 57.6 Å². The summed E-state index contributed by atoms with van der Waals surface area (Å²) in [5.74, 6) is -1.40. The number of hydrogen-bond acceptors (Lipinski definition) is 2. The highest BCUT2D eigenvalue weighted by atomic mass is 79.9. The van der Waals surface area contributed by atoms with Gasteiger partial charge in [0.15, 0.2) is 0 Å². The van der Waals surface area contributed by atoms with E-state index in [-0.39, 0.29) is 0 Å². The first-order chi connectivity index (χ1) is 10.4. The molecular formula is C17H17BrN2O2. The molecule has 5 heteroatoms. The average molecular weight is 361 g/mol. The number of hydrogen-bond donors (Lipinski definition) is 2. The predicted octanol–water partition coefficient (Wildman–Crippen LogP) is 3.95. The van der Waals surface area contributed by atoms with Crippen LogP contribution in [0.1, 0.15) is 16.7 Å². The van der Waals surface area contributed by atoms with Crippen molar-refractivity contribution in [2.24, 2.45) is 0 Å². The van der Waals surface area contributed by atoms with E-state index >= 15 is 0 Å². The van der Waals surface area contributed by atoms with Gasteiger partial charge in [0.05, 0.1) is 5.69 Å². The van der Waals surface area contributed by atoms with Crippen molar-refractivity contribution in [3.8, 4) is 0 Å².